The molecular formula is C23H45N5O2. The molecule has 2 fully saturated rings. The first-order chi connectivity index (χ1) is 14.3. The summed E-state index contributed by atoms with van der Waals surface area (Å²) >= 11 is 0. The minimum Gasteiger partial charge on any atom is -0.444 e. The Bertz CT molecular complexity index is 532. The van der Waals surface area contributed by atoms with Gasteiger partial charge >= 0.3 is 6.09 Å². The van der Waals surface area contributed by atoms with E-state index in [1.54, 1.807) is 0 Å². The quantitative estimate of drug-likeness (QED) is 0.410. The Kier molecular flexibility index (Phi) is 10.2. The third-order valence-electron chi connectivity index (χ3n) is 5.88. The maximum atomic E-state index is 12.2. The molecule has 3 N–H and O–H groups in total. The van der Waals surface area contributed by atoms with Gasteiger partial charge in [-0.1, -0.05) is 26.2 Å². The fraction of sp³-hybridized carbons (Fsp3) is 0.913. The highest BCUT2D eigenvalue weighted by Gasteiger charge is 2.27. The van der Waals surface area contributed by atoms with Gasteiger partial charge in [0.15, 0.2) is 5.96 Å². The molecule has 7 nitrogen and oxygen atoms in total. The average molecular weight is 424 g/mol. The van der Waals surface area contributed by atoms with Crippen LogP contribution in [0.1, 0.15) is 86.0 Å². The fourth-order valence-corrected chi connectivity index (χ4v) is 4.42. The molecule has 1 atom stereocenters. The Balaban J connectivity index is 1.84. The van der Waals surface area contributed by atoms with Crippen LogP contribution in [0.15, 0.2) is 4.99 Å². The van der Waals surface area contributed by atoms with E-state index in [4.69, 9.17) is 9.73 Å². The summed E-state index contributed by atoms with van der Waals surface area (Å²) < 4.78 is 5.41. The number of ether oxygens (including phenoxy) is 1. The Morgan fingerprint density at radius 1 is 1.13 bits per heavy atom. The molecule has 2 rings (SSSR count). The molecule has 0 spiro atoms. The van der Waals surface area contributed by atoms with Gasteiger partial charge in [-0.3, -0.25) is 4.99 Å². The smallest absolute Gasteiger partial charge is 0.407 e. The van der Waals surface area contributed by atoms with Gasteiger partial charge in [-0.2, -0.15) is 0 Å². The van der Waals surface area contributed by atoms with Gasteiger partial charge in [0, 0.05) is 31.7 Å². The molecule has 174 valence electrons. The Morgan fingerprint density at radius 3 is 2.37 bits per heavy atom. The van der Waals surface area contributed by atoms with Gasteiger partial charge in [0.2, 0.25) is 0 Å². The number of nitrogens with one attached hydrogen (secondary N) is 3. The van der Waals surface area contributed by atoms with Gasteiger partial charge in [0.1, 0.15) is 5.60 Å². The molecule has 30 heavy (non-hydrogen) atoms. The first-order valence-corrected chi connectivity index (χ1v) is 12.1. The van der Waals surface area contributed by atoms with E-state index in [1.807, 2.05) is 20.8 Å². The van der Waals surface area contributed by atoms with Crippen LogP contribution in [0.2, 0.25) is 0 Å². The number of guanidine groups is 1. The highest BCUT2D eigenvalue weighted by Crippen LogP contribution is 2.26. The minimum atomic E-state index is -0.492. The second-order valence-electron chi connectivity index (χ2n) is 9.74. The molecule has 7 heteroatoms. The van der Waals surface area contributed by atoms with E-state index in [9.17, 15) is 4.79 Å². The van der Waals surface area contributed by atoms with Crippen molar-refractivity contribution in [1.29, 1.82) is 0 Å². The van der Waals surface area contributed by atoms with Gasteiger partial charge in [0.05, 0.1) is 12.6 Å². The number of hydrogen-bond acceptors (Lipinski definition) is 4. The van der Waals surface area contributed by atoms with Crippen molar-refractivity contribution in [3.05, 3.63) is 0 Å². The van der Waals surface area contributed by atoms with Gasteiger partial charge in [0.25, 0.3) is 0 Å². The van der Waals surface area contributed by atoms with Crippen LogP contribution in [0.5, 0.6) is 0 Å². The standard InChI is InChI=1S/C23H45N5O2/c1-6-10-19(27-22(29)30-23(3,4)5)17-25-21(24-7-2)26-18-13-15-28(16-14-18)20-11-8-9-12-20/h18-20H,6-17H2,1-5H3,(H,27,29)(H2,24,25,26). The number of alkyl carbamates (subject to hydrolysis) is 1. The van der Waals surface area contributed by atoms with Crippen molar-refractivity contribution in [2.75, 3.05) is 26.2 Å². The number of carbonyl (C=O) groups excluding carboxylic acids is 1. The first-order valence-electron chi connectivity index (χ1n) is 12.1. The number of rotatable bonds is 8. The minimum absolute atomic E-state index is 0.0236. The Labute approximate surface area is 183 Å². The number of amides is 1. The van der Waals surface area contributed by atoms with E-state index < -0.39 is 5.60 Å². The lowest BCUT2D eigenvalue weighted by molar-refractivity contribution is 0.0503. The van der Waals surface area contributed by atoms with E-state index in [0.29, 0.717) is 12.6 Å². The molecule has 0 bridgehead atoms. The van der Waals surface area contributed by atoms with Crippen LogP contribution in [0, 0.1) is 0 Å². The number of piperidine rings is 1. The fourth-order valence-electron chi connectivity index (χ4n) is 4.42. The van der Waals surface area contributed by atoms with Gasteiger partial charge in [-0.15, -0.1) is 0 Å². The summed E-state index contributed by atoms with van der Waals surface area (Å²) in [5.41, 5.74) is -0.492. The molecule has 1 unspecified atom stereocenters. The number of nitrogens with zero attached hydrogens (tertiary/aromatic N) is 2. The third-order valence-corrected chi connectivity index (χ3v) is 5.88. The van der Waals surface area contributed by atoms with Crippen molar-refractivity contribution in [3.63, 3.8) is 0 Å². The molecule has 1 aliphatic carbocycles. The predicted octanol–water partition coefficient (Wildman–Crippen LogP) is 3.64. The average Bonchev–Trinajstić information content (AvgIpc) is 3.20. The van der Waals surface area contributed by atoms with Crippen LogP contribution >= 0.6 is 0 Å². The predicted molar refractivity (Wildman–Crippen MR) is 124 cm³/mol. The monoisotopic (exact) mass is 423 g/mol. The number of aliphatic imine (C=N–C) groups is 1. The lowest BCUT2D eigenvalue weighted by atomic mass is 10.0. The maximum Gasteiger partial charge on any atom is 0.407 e. The van der Waals surface area contributed by atoms with Crippen molar-refractivity contribution in [2.45, 2.75) is 110 Å². The van der Waals surface area contributed by atoms with Gasteiger partial charge in [-0.05, 0) is 59.8 Å². The highest BCUT2D eigenvalue weighted by atomic mass is 16.6. The molecular weight excluding hydrogens is 378 g/mol. The zero-order valence-electron chi connectivity index (χ0n) is 19.9. The summed E-state index contributed by atoms with van der Waals surface area (Å²) in [7, 11) is 0. The molecule has 0 aromatic carbocycles. The molecule has 1 heterocycles. The zero-order chi connectivity index (χ0) is 22.0. The van der Waals surface area contributed by atoms with Crippen molar-refractivity contribution < 1.29 is 9.53 Å². The second kappa shape index (κ2) is 12.4. The van der Waals surface area contributed by atoms with E-state index in [2.05, 4.69) is 34.7 Å². The van der Waals surface area contributed by atoms with Gasteiger partial charge < -0.3 is 25.6 Å². The lowest BCUT2D eigenvalue weighted by Gasteiger charge is -2.36. The molecule has 0 aromatic rings. The highest BCUT2D eigenvalue weighted by molar-refractivity contribution is 5.80. The topological polar surface area (TPSA) is 78.0 Å². The number of hydrogen-bond donors (Lipinski definition) is 3. The van der Waals surface area contributed by atoms with Crippen molar-refractivity contribution in [3.8, 4) is 0 Å². The summed E-state index contributed by atoms with van der Waals surface area (Å²) in [5, 5.41) is 9.97. The summed E-state index contributed by atoms with van der Waals surface area (Å²) in [6, 6.07) is 1.26. The second-order valence-corrected chi connectivity index (χ2v) is 9.74. The summed E-state index contributed by atoms with van der Waals surface area (Å²) in [6.45, 7) is 13.6. The van der Waals surface area contributed by atoms with Crippen LogP contribution < -0.4 is 16.0 Å². The number of carbonyl (C=O) groups is 1. The van der Waals surface area contributed by atoms with Crippen LogP contribution in [0.25, 0.3) is 0 Å². The summed E-state index contributed by atoms with van der Waals surface area (Å²) in [4.78, 5) is 19.6. The third kappa shape index (κ3) is 9.11. The maximum absolute atomic E-state index is 12.2. The molecule has 1 aliphatic heterocycles. The van der Waals surface area contributed by atoms with Crippen LogP contribution in [-0.2, 0) is 4.74 Å². The molecule has 1 amide bonds. The van der Waals surface area contributed by atoms with Crippen molar-refractivity contribution in [1.82, 2.24) is 20.9 Å². The van der Waals surface area contributed by atoms with Crippen LogP contribution in [-0.4, -0.2) is 66.9 Å². The van der Waals surface area contributed by atoms with E-state index in [1.165, 1.54) is 38.8 Å². The van der Waals surface area contributed by atoms with E-state index in [0.717, 1.165) is 44.2 Å². The molecule has 1 saturated heterocycles. The number of likely N-dealkylation sites (tertiary alicyclic amines) is 1. The molecule has 0 radical (unpaired) electrons. The van der Waals surface area contributed by atoms with Crippen molar-refractivity contribution in [2.24, 2.45) is 4.99 Å². The van der Waals surface area contributed by atoms with E-state index in [-0.39, 0.29) is 12.1 Å². The SMILES string of the molecule is CCCC(CN=C(NCC)NC1CCN(C2CCCC2)CC1)NC(=O)OC(C)(C)C. The van der Waals surface area contributed by atoms with Crippen LogP contribution in [0.3, 0.4) is 0 Å². The van der Waals surface area contributed by atoms with Crippen LogP contribution in [0.4, 0.5) is 4.79 Å². The zero-order valence-corrected chi connectivity index (χ0v) is 19.9. The largest absolute Gasteiger partial charge is 0.444 e. The molecule has 1 saturated carbocycles. The first kappa shape index (κ1) is 24.8. The normalized spacial score (nSPS) is 20.8. The lowest BCUT2D eigenvalue weighted by Crippen LogP contribution is -2.50. The Morgan fingerprint density at radius 2 is 1.80 bits per heavy atom. The summed E-state index contributed by atoms with van der Waals surface area (Å²) in [6.07, 6.45) is 9.38. The Hall–Kier alpha value is -1.50. The van der Waals surface area contributed by atoms with Gasteiger partial charge in [-0.25, -0.2) is 4.79 Å². The van der Waals surface area contributed by atoms with E-state index >= 15 is 0 Å². The van der Waals surface area contributed by atoms with Crippen molar-refractivity contribution >= 4 is 12.1 Å². The summed E-state index contributed by atoms with van der Waals surface area (Å²) in [5.74, 6) is 0.851. The molecule has 2 aliphatic rings. The molecule has 0 aromatic heterocycles.